The van der Waals surface area contributed by atoms with Crippen LogP contribution in [0.1, 0.15) is 6.92 Å². The number of rotatable bonds is 3. The van der Waals surface area contributed by atoms with Crippen LogP contribution >= 0.6 is 34.9 Å². The predicted octanol–water partition coefficient (Wildman–Crippen LogP) is 4.52. The highest BCUT2D eigenvalue weighted by molar-refractivity contribution is 7.99. The highest BCUT2D eigenvalue weighted by atomic mass is 35.5. The van der Waals surface area contributed by atoms with Crippen molar-refractivity contribution in [3.8, 4) is 11.3 Å². The molecule has 0 aliphatic carbocycles. The van der Waals surface area contributed by atoms with Crippen LogP contribution in [0.3, 0.4) is 0 Å². The summed E-state index contributed by atoms with van der Waals surface area (Å²) in [5.74, 6) is 0.986. The largest absolute Gasteiger partial charge is 0.233 e. The average Bonchev–Trinajstić information content (AvgIpc) is 2.85. The van der Waals surface area contributed by atoms with Crippen molar-refractivity contribution in [1.82, 2.24) is 14.3 Å². The van der Waals surface area contributed by atoms with Gasteiger partial charge in [0.2, 0.25) is 0 Å². The molecule has 0 bridgehead atoms. The zero-order chi connectivity index (χ0) is 13.2. The van der Waals surface area contributed by atoms with E-state index in [1.807, 2.05) is 24.3 Å². The molecular weight excluding hydrogens is 298 g/mol. The van der Waals surface area contributed by atoms with E-state index in [9.17, 15) is 0 Å². The Kier molecular flexibility index (Phi) is 3.68. The molecule has 0 spiro atoms. The lowest BCUT2D eigenvalue weighted by Gasteiger charge is -1.99. The molecule has 0 N–H and O–H groups in total. The highest BCUT2D eigenvalue weighted by Gasteiger charge is 2.13. The molecule has 0 aliphatic heterocycles. The Bertz CT molecular complexity index is 709. The number of hydrogen-bond acceptors (Lipinski definition) is 5. The van der Waals surface area contributed by atoms with Crippen LogP contribution in [0.15, 0.2) is 35.6 Å². The fourth-order valence-electron chi connectivity index (χ4n) is 1.78. The van der Waals surface area contributed by atoms with Gasteiger partial charge in [0.25, 0.3) is 0 Å². The van der Waals surface area contributed by atoms with Crippen LogP contribution in [0.5, 0.6) is 0 Å². The van der Waals surface area contributed by atoms with E-state index in [4.69, 9.17) is 11.6 Å². The molecule has 1 aromatic carbocycles. The van der Waals surface area contributed by atoms with Gasteiger partial charge in [0.1, 0.15) is 27.3 Å². The molecule has 0 radical (unpaired) electrons. The lowest BCUT2D eigenvalue weighted by molar-refractivity contribution is 1.11. The molecule has 2 heterocycles. The summed E-state index contributed by atoms with van der Waals surface area (Å²) < 4.78 is 5.58. The summed E-state index contributed by atoms with van der Waals surface area (Å²) >= 11 is 9.08. The van der Waals surface area contributed by atoms with Gasteiger partial charge in [-0.1, -0.05) is 30.7 Å². The molecule has 0 unspecified atom stereocenters. The molecule has 0 amide bonds. The molecule has 96 valence electrons. The molecule has 0 saturated heterocycles. The summed E-state index contributed by atoms with van der Waals surface area (Å²) in [6, 6.07) is 7.66. The third-order valence-corrected chi connectivity index (χ3v) is 4.72. The number of aromatic nitrogens is 3. The standard InChI is InChI=1S/C13H10ClN3S2/c1-2-18-13-12-11(15-7-16-13)10(17-19-12)8-3-5-9(14)6-4-8/h3-7H,2H2,1H3. The summed E-state index contributed by atoms with van der Waals surface area (Å²) in [6.45, 7) is 2.11. The van der Waals surface area contributed by atoms with Gasteiger partial charge in [-0.25, -0.2) is 9.97 Å². The van der Waals surface area contributed by atoms with Crippen molar-refractivity contribution in [2.45, 2.75) is 11.9 Å². The molecule has 2 aromatic heterocycles. The van der Waals surface area contributed by atoms with Gasteiger partial charge in [-0.3, -0.25) is 0 Å². The third kappa shape index (κ3) is 2.45. The molecule has 0 saturated carbocycles. The molecule has 19 heavy (non-hydrogen) atoms. The minimum atomic E-state index is 0.722. The van der Waals surface area contributed by atoms with Crippen molar-refractivity contribution in [1.29, 1.82) is 0 Å². The van der Waals surface area contributed by atoms with E-state index in [0.29, 0.717) is 0 Å². The summed E-state index contributed by atoms with van der Waals surface area (Å²) in [5, 5.41) is 1.73. The van der Waals surface area contributed by atoms with E-state index in [1.54, 1.807) is 18.1 Å². The van der Waals surface area contributed by atoms with Crippen LogP contribution in [0.25, 0.3) is 21.5 Å². The summed E-state index contributed by atoms with van der Waals surface area (Å²) in [7, 11) is 0. The van der Waals surface area contributed by atoms with Crippen molar-refractivity contribution < 1.29 is 0 Å². The van der Waals surface area contributed by atoms with E-state index >= 15 is 0 Å². The van der Waals surface area contributed by atoms with Gasteiger partial charge in [-0.15, -0.1) is 11.8 Å². The van der Waals surface area contributed by atoms with Gasteiger partial charge in [-0.05, 0) is 29.4 Å². The number of hydrogen-bond donors (Lipinski definition) is 0. The van der Waals surface area contributed by atoms with Crippen LogP contribution in [0, 0.1) is 0 Å². The number of benzene rings is 1. The topological polar surface area (TPSA) is 38.7 Å². The summed E-state index contributed by atoms with van der Waals surface area (Å²) in [6.07, 6.45) is 1.61. The third-order valence-electron chi connectivity index (χ3n) is 2.62. The fourth-order valence-corrected chi connectivity index (χ4v) is 3.56. The van der Waals surface area contributed by atoms with Crippen molar-refractivity contribution in [3.05, 3.63) is 35.6 Å². The predicted molar refractivity (Wildman–Crippen MR) is 82.1 cm³/mol. The van der Waals surface area contributed by atoms with Crippen LogP contribution in [-0.4, -0.2) is 20.1 Å². The zero-order valence-corrected chi connectivity index (χ0v) is 12.5. The van der Waals surface area contributed by atoms with E-state index in [1.165, 1.54) is 11.5 Å². The summed E-state index contributed by atoms with van der Waals surface area (Å²) in [4.78, 5) is 8.69. The second kappa shape index (κ2) is 5.45. The van der Waals surface area contributed by atoms with Gasteiger partial charge >= 0.3 is 0 Å². The number of halogens is 1. The Morgan fingerprint density at radius 1 is 1.21 bits per heavy atom. The Balaban J connectivity index is 2.15. The first kappa shape index (κ1) is 12.8. The molecule has 3 rings (SSSR count). The summed E-state index contributed by atoms with van der Waals surface area (Å²) in [5.41, 5.74) is 2.84. The Labute approximate surface area is 124 Å². The molecule has 6 heteroatoms. The lowest BCUT2D eigenvalue weighted by Crippen LogP contribution is -1.85. The lowest BCUT2D eigenvalue weighted by atomic mass is 10.1. The quantitative estimate of drug-likeness (QED) is 0.527. The number of thioether (sulfide) groups is 1. The maximum Gasteiger partial charge on any atom is 0.119 e. The van der Waals surface area contributed by atoms with E-state index in [2.05, 4.69) is 21.3 Å². The maximum atomic E-state index is 5.91. The van der Waals surface area contributed by atoms with Gasteiger partial charge < -0.3 is 0 Å². The molecule has 3 aromatic rings. The van der Waals surface area contributed by atoms with E-state index in [-0.39, 0.29) is 0 Å². The second-order valence-electron chi connectivity index (χ2n) is 3.83. The van der Waals surface area contributed by atoms with Crippen molar-refractivity contribution in [3.63, 3.8) is 0 Å². The van der Waals surface area contributed by atoms with Crippen LogP contribution in [0.2, 0.25) is 5.02 Å². The fraction of sp³-hybridized carbons (Fsp3) is 0.154. The smallest absolute Gasteiger partial charge is 0.119 e. The Morgan fingerprint density at radius 2 is 2.00 bits per heavy atom. The van der Waals surface area contributed by atoms with Crippen molar-refractivity contribution >= 4 is 45.1 Å². The first-order valence-corrected chi connectivity index (χ1v) is 7.92. The zero-order valence-electron chi connectivity index (χ0n) is 10.1. The molecule has 0 fully saturated rings. The van der Waals surface area contributed by atoms with Crippen molar-refractivity contribution in [2.24, 2.45) is 0 Å². The van der Waals surface area contributed by atoms with Gasteiger partial charge in [0, 0.05) is 10.6 Å². The maximum absolute atomic E-state index is 5.91. The normalized spacial score (nSPS) is 11.1. The average molecular weight is 308 g/mol. The first-order valence-electron chi connectivity index (χ1n) is 5.78. The van der Waals surface area contributed by atoms with Gasteiger partial charge in [0.05, 0.1) is 0 Å². The van der Waals surface area contributed by atoms with Gasteiger partial charge in [-0.2, -0.15) is 4.37 Å². The highest BCUT2D eigenvalue weighted by Crippen LogP contribution is 2.34. The second-order valence-corrected chi connectivity index (χ2v) is 6.29. The monoisotopic (exact) mass is 307 g/mol. The molecule has 3 nitrogen and oxygen atoms in total. The Morgan fingerprint density at radius 3 is 2.74 bits per heavy atom. The molecular formula is C13H10ClN3S2. The van der Waals surface area contributed by atoms with Crippen LogP contribution in [0.4, 0.5) is 0 Å². The molecule has 0 aliphatic rings. The first-order chi connectivity index (χ1) is 9.29. The minimum Gasteiger partial charge on any atom is -0.233 e. The molecule has 0 atom stereocenters. The Hall–Kier alpha value is -1.17. The number of fused-ring (bicyclic) bond motifs is 1. The van der Waals surface area contributed by atoms with Crippen LogP contribution in [-0.2, 0) is 0 Å². The van der Waals surface area contributed by atoms with Crippen molar-refractivity contribution in [2.75, 3.05) is 5.75 Å². The van der Waals surface area contributed by atoms with E-state index < -0.39 is 0 Å². The number of nitrogens with zero attached hydrogens (tertiary/aromatic N) is 3. The van der Waals surface area contributed by atoms with Gasteiger partial charge in [0.15, 0.2) is 0 Å². The SMILES string of the molecule is CCSc1ncnc2c(-c3ccc(Cl)cc3)nsc12. The van der Waals surface area contributed by atoms with E-state index in [0.717, 1.165) is 37.3 Å². The minimum absolute atomic E-state index is 0.722. The van der Waals surface area contributed by atoms with Crippen LogP contribution < -0.4 is 0 Å².